The molecule has 1 aliphatic heterocycles. The third-order valence-electron chi connectivity index (χ3n) is 4.13. The van der Waals surface area contributed by atoms with E-state index >= 15 is 0 Å². The Morgan fingerprint density at radius 2 is 1.84 bits per heavy atom. The first-order valence-electron chi connectivity index (χ1n) is 8.31. The first kappa shape index (κ1) is 19.4. The maximum Gasteiger partial charge on any atom is 0.252 e. The fourth-order valence-electron chi connectivity index (χ4n) is 2.78. The first-order chi connectivity index (χ1) is 11.7. The average molecular weight is 410 g/mol. The first-order valence-corrected chi connectivity index (χ1v) is 9.10. The van der Waals surface area contributed by atoms with Crippen LogP contribution < -0.4 is 10.6 Å². The zero-order chi connectivity index (χ0) is 18.6. The molecule has 0 aliphatic carbocycles. The summed E-state index contributed by atoms with van der Waals surface area (Å²) in [6.45, 7) is 6.98. The van der Waals surface area contributed by atoms with Crippen molar-refractivity contribution in [3.8, 4) is 0 Å². The van der Waals surface area contributed by atoms with Gasteiger partial charge < -0.3 is 15.5 Å². The van der Waals surface area contributed by atoms with Gasteiger partial charge in [-0.3, -0.25) is 14.4 Å². The molecular formula is C18H24BrN3O3. The molecule has 0 saturated carbocycles. The summed E-state index contributed by atoms with van der Waals surface area (Å²) < 4.78 is 0.725. The number of amides is 3. The van der Waals surface area contributed by atoms with Crippen molar-refractivity contribution in [3.05, 3.63) is 34.3 Å². The lowest BCUT2D eigenvalue weighted by molar-refractivity contribution is -0.132. The van der Waals surface area contributed by atoms with Gasteiger partial charge >= 0.3 is 0 Å². The zero-order valence-corrected chi connectivity index (χ0v) is 16.4. The Labute approximate surface area is 156 Å². The summed E-state index contributed by atoms with van der Waals surface area (Å²) in [5.74, 6) is -0.660. The number of nitrogens with zero attached hydrogens (tertiary/aromatic N) is 1. The van der Waals surface area contributed by atoms with Crippen LogP contribution in [0.2, 0.25) is 0 Å². The van der Waals surface area contributed by atoms with Gasteiger partial charge in [0.05, 0.1) is 11.5 Å². The summed E-state index contributed by atoms with van der Waals surface area (Å²) in [5.41, 5.74) is 0.277. The minimum absolute atomic E-state index is 0.00915. The second kappa shape index (κ2) is 7.99. The summed E-state index contributed by atoms with van der Waals surface area (Å²) in [6, 6.07) is 7.16. The van der Waals surface area contributed by atoms with Crippen LogP contribution in [0.25, 0.3) is 0 Å². The Morgan fingerprint density at radius 1 is 1.20 bits per heavy atom. The molecular weight excluding hydrogens is 386 g/mol. The Hall–Kier alpha value is -1.89. The van der Waals surface area contributed by atoms with Crippen LogP contribution in [-0.2, 0) is 9.59 Å². The van der Waals surface area contributed by atoms with Crippen molar-refractivity contribution in [2.45, 2.75) is 32.7 Å². The third-order valence-corrected chi connectivity index (χ3v) is 4.83. The van der Waals surface area contributed by atoms with Gasteiger partial charge in [-0.2, -0.15) is 0 Å². The van der Waals surface area contributed by atoms with Crippen molar-refractivity contribution in [1.82, 2.24) is 15.5 Å². The minimum Gasteiger partial charge on any atom is -0.354 e. The zero-order valence-electron chi connectivity index (χ0n) is 14.8. The predicted molar refractivity (Wildman–Crippen MR) is 99.1 cm³/mol. The van der Waals surface area contributed by atoms with Crippen LogP contribution in [0, 0.1) is 5.92 Å². The van der Waals surface area contributed by atoms with Crippen molar-refractivity contribution in [2.24, 2.45) is 5.92 Å². The van der Waals surface area contributed by atoms with Gasteiger partial charge in [0, 0.05) is 36.1 Å². The molecule has 0 bridgehead atoms. The molecule has 1 atom stereocenters. The normalized spacial score (nSPS) is 17.5. The molecule has 6 nitrogen and oxygen atoms in total. The minimum atomic E-state index is -0.328. The largest absolute Gasteiger partial charge is 0.354 e. The van der Waals surface area contributed by atoms with Gasteiger partial charge in [0.2, 0.25) is 11.8 Å². The third kappa shape index (κ3) is 5.04. The maximum absolute atomic E-state index is 12.2. The van der Waals surface area contributed by atoms with Gasteiger partial charge in [-0.05, 0) is 48.8 Å². The van der Waals surface area contributed by atoms with Gasteiger partial charge in [-0.25, -0.2) is 0 Å². The fraction of sp³-hybridized carbons (Fsp3) is 0.500. The monoisotopic (exact) mass is 409 g/mol. The van der Waals surface area contributed by atoms with E-state index in [2.05, 4.69) is 26.6 Å². The van der Waals surface area contributed by atoms with E-state index in [1.807, 2.05) is 26.8 Å². The average Bonchev–Trinajstić information content (AvgIpc) is 2.94. The van der Waals surface area contributed by atoms with E-state index in [1.54, 1.807) is 23.1 Å². The number of rotatable bonds is 5. The molecule has 2 rings (SSSR count). The molecule has 0 radical (unpaired) electrons. The van der Waals surface area contributed by atoms with Crippen molar-refractivity contribution < 1.29 is 14.4 Å². The highest BCUT2D eigenvalue weighted by Crippen LogP contribution is 2.25. The van der Waals surface area contributed by atoms with E-state index in [9.17, 15) is 14.4 Å². The molecule has 1 aromatic carbocycles. The van der Waals surface area contributed by atoms with Gasteiger partial charge in [0.15, 0.2) is 0 Å². The van der Waals surface area contributed by atoms with Gasteiger partial charge in [-0.1, -0.05) is 12.1 Å². The Morgan fingerprint density at radius 3 is 2.44 bits per heavy atom. The highest BCUT2D eigenvalue weighted by Gasteiger charge is 2.39. The van der Waals surface area contributed by atoms with E-state index in [0.717, 1.165) is 4.47 Å². The number of carbonyl (C=O) groups excluding carboxylic acids is 3. The number of carbonyl (C=O) groups is 3. The van der Waals surface area contributed by atoms with Crippen molar-refractivity contribution in [2.75, 3.05) is 19.6 Å². The van der Waals surface area contributed by atoms with Gasteiger partial charge in [0.25, 0.3) is 5.91 Å². The highest BCUT2D eigenvalue weighted by molar-refractivity contribution is 9.10. The quantitative estimate of drug-likeness (QED) is 0.729. The second-order valence-corrected chi connectivity index (χ2v) is 7.96. The van der Waals surface area contributed by atoms with Crippen molar-refractivity contribution in [1.29, 1.82) is 0 Å². The molecule has 25 heavy (non-hydrogen) atoms. The van der Waals surface area contributed by atoms with Crippen LogP contribution in [0.5, 0.6) is 0 Å². The van der Waals surface area contributed by atoms with E-state index in [4.69, 9.17) is 0 Å². The predicted octanol–water partition coefficient (Wildman–Crippen LogP) is 1.94. The number of hydrogen-bond acceptors (Lipinski definition) is 3. The van der Waals surface area contributed by atoms with Crippen LogP contribution in [0.1, 0.15) is 37.6 Å². The summed E-state index contributed by atoms with van der Waals surface area (Å²) in [6.07, 6.45) is 0.242. The van der Waals surface area contributed by atoms with Gasteiger partial charge in [-0.15, -0.1) is 0 Å². The van der Waals surface area contributed by atoms with Gasteiger partial charge in [0.1, 0.15) is 0 Å². The maximum atomic E-state index is 12.2. The summed E-state index contributed by atoms with van der Waals surface area (Å²) in [7, 11) is 0. The van der Waals surface area contributed by atoms with Crippen LogP contribution >= 0.6 is 15.9 Å². The van der Waals surface area contributed by atoms with Crippen LogP contribution in [0.15, 0.2) is 28.7 Å². The molecule has 1 aliphatic rings. The lowest BCUT2D eigenvalue weighted by Gasteiger charge is -2.31. The molecule has 3 amide bonds. The molecule has 0 spiro atoms. The lowest BCUT2D eigenvalue weighted by Crippen LogP contribution is -2.43. The fourth-order valence-corrected chi connectivity index (χ4v) is 3.24. The number of benzene rings is 1. The van der Waals surface area contributed by atoms with E-state index in [0.29, 0.717) is 25.2 Å². The molecule has 1 fully saturated rings. The molecule has 1 unspecified atom stereocenters. The topological polar surface area (TPSA) is 78.5 Å². The standard InChI is InChI=1S/C18H24BrN3O3/c1-18(2,3)22-11-12(10-15(22)23)16(24)20-8-9-21-17(25)13-6-4-5-7-14(13)19/h4-7,12H,8-11H2,1-3H3,(H,20,24)(H,21,25). The van der Waals surface area contributed by atoms with Crippen molar-refractivity contribution in [3.63, 3.8) is 0 Å². The SMILES string of the molecule is CC(C)(C)N1CC(C(=O)NCCNC(=O)c2ccccc2Br)CC1=O. The Balaban J connectivity index is 1.75. The number of hydrogen-bond donors (Lipinski definition) is 2. The van der Waals surface area contributed by atoms with E-state index in [-0.39, 0.29) is 35.6 Å². The van der Waals surface area contributed by atoms with Crippen LogP contribution in [0.4, 0.5) is 0 Å². The van der Waals surface area contributed by atoms with Crippen LogP contribution in [0.3, 0.4) is 0 Å². The lowest BCUT2D eigenvalue weighted by atomic mass is 10.1. The summed E-state index contributed by atoms with van der Waals surface area (Å²) in [5, 5.41) is 5.56. The Bertz CT molecular complexity index is 670. The van der Waals surface area contributed by atoms with Crippen molar-refractivity contribution >= 4 is 33.7 Å². The number of halogens is 1. The van der Waals surface area contributed by atoms with Crippen LogP contribution in [-0.4, -0.2) is 47.8 Å². The molecule has 1 heterocycles. The van der Waals surface area contributed by atoms with E-state index in [1.165, 1.54) is 0 Å². The molecule has 2 N–H and O–H groups in total. The Kier molecular flexibility index (Phi) is 6.21. The summed E-state index contributed by atoms with van der Waals surface area (Å²) >= 11 is 3.33. The number of nitrogens with one attached hydrogen (secondary N) is 2. The van der Waals surface area contributed by atoms with E-state index < -0.39 is 0 Å². The number of likely N-dealkylation sites (tertiary alicyclic amines) is 1. The molecule has 1 saturated heterocycles. The molecule has 1 aromatic rings. The molecule has 7 heteroatoms. The summed E-state index contributed by atoms with van der Waals surface area (Å²) in [4.78, 5) is 38.0. The highest BCUT2D eigenvalue weighted by atomic mass is 79.9. The molecule has 136 valence electrons. The second-order valence-electron chi connectivity index (χ2n) is 7.10. The smallest absolute Gasteiger partial charge is 0.252 e. The molecule has 0 aromatic heterocycles.